The van der Waals surface area contributed by atoms with Crippen LogP contribution in [0.3, 0.4) is 0 Å². The van der Waals surface area contributed by atoms with Gasteiger partial charge in [0.05, 0.1) is 0 Å². The third-order valence-electron chi connectivity index (χ3n) is 2.95. The summed E-state index contributed by atoms with van der Waals surface area (Å²) >= 11 is 0. The average Bonchev–Trinajstić information content (AvgIpc) is 2.39. The van der Waals surface area contributed by atoms with Gasteiger partial charge in [0.25, 0.3) is 0 Å². The lowest BCUT2D eigenvalue weighted by molar-refractivity contribution is 0.112. The second kappa shape index (κ2) is 5.65. The number of carbonyl (C=O) groups excluding carboxylic acids is 1. The van der Waals surface area contributed by atoms with Crippen molar-refractivity contribution in [2.45, 2.75) is 20.5 Å². The van der Waals surface area contributed by atoms with Crippen LogP contribution in [0.5, 0.6) is 5.75 Å². The van der Waals surface area contributed by atoms with E-state index in [0.29, 0.717) is 16.9 Å². The summed E-state index contributed by atoms with van der Waals surface area (Å²) in [7, 11) is 0. The van der Waals surface area contributed by atoms with Gasteiger partial charge in [0, 0.05) is 11.1 Å². The van der Waals surface area contributed by atoms with Crippen LogP contribution in [0.15, 0.2) is 36.4 Å². The van der Waals surface area contributed by atoms with E-state index in [9.17, 15) is 9.18 Å². The van der Waals surface area contributed by atoms with E-state index in [0.717, 1.165) is 17.4 Å². The second-order valence-corrected chi connectivity index (χ2v) is 4.48. The molecule has 98 valence electrons. The molecular weight excluding hydrogens is 243 g/mol. The molecule has 0 amide bonds. The number of aryl methyl sites for hydroxylation is 2. The Hall–Kier alpha value is -2.16. The molecule has 0 fully saturated rings. The monoisotopic (exact) mass is 258 g/mol. The second-order valence-electron chi connectivity index (χ2n) is 4.48. The van der Waals surface area contributed by atoms with Gasteiger partial charge in [-0.15, -0.1) is 0 Å². The summed E-state index contributed by atoms with van der Waals surface area (Å²) in [6.07, 6.45) is 0.806. The van der Waals surface area contributed by atoms with Gasteiger partial charge >= 0.3 is 0 Å². The molecule has 0 radical (unpaired) electrons. The Labute approximate surface area is 111 Å². The topological polar surface area (TPSA) is 26.3 Å². The van der Waals surface area contributed by atoms with E-state index in [-0.39, 0.29) is 12.4 Å². The van der Waals surface area contributed by atoms with E-state index in [4.69, 9.17) is 4.74 Å². The Bertz CT molecular complexity index is 582. The lowest BCUT2D eigenvalue weighted by atomic mass is 10.1. The van der Waals surface area contributed by atoms with Crippen LogP contribution in [0.2, 0.25) is 0 Å². The molecule has 0 spiro atoms. The van der Waals surface area contributed by atoms with E-state index in [1.165, 1.54) is 6.07 Å². The van der Waals surface area contributed by atoms with E-state index >= 15 is 0 Å². The predicted molar refractivity (Wildman–Crippen MR) is 72.0 cm³/mol. The van der Waals surface area contributed by atoms with Crippen molar-refractivity contribution < 1.29 is 13.9 Å². The highest BCUT2D eigenvalue weighted by molar-refractivity contribution is 5.76. The fourth-order valence-corrected chi connectivity index (χ4v) is 2.04. The van der Waals surface area contributed by atoms with Crippen LogP contribution in [0.4, 0.5) is 4.39 Å². The number of hydrogen-bond donors (Lipinski definition) is 0. The Morgan fingerprint density at radius 1 is 1.16 bits per heavy atom. The van der Waals surface area contributed by atoms with Gasteiger partial charge in [-0.1, -0.05) is 18.2 Å². The minimum Gasteiger partial charge on any atom is -0.488 e. The summed E-state index contributed by atoms with van der Waals surface area (Å²) in [5.41, 5.74) is 2.88. The van der Waals surface area contributed by atoms with Crippen LogP contribution < -0.4 is 4.74 Å². The number of aldehydes is 1. The minimum atomic E-state index is -0.276. The molecule has 2 aromatic carbocycles. The largest absolute Gasteiger partial charge is 0.488 e. The number of halogens is 1. The lowest BCUT2D eigenvalue weighted by Gasteiger charge is -2.13. The first-order chi connectivity index (χ1) is 9.11. The first-order valence-corrected chi connectivity index (χ1v) is 6.04. The van der Waals surface area contributed by atoms with Crippen molar-refractivity contribution in [2.24, 2.45) is 0 Å². The van der Waals surface area contributed by atoms with Crippen LogP contribution >= 0.6 is 0 Å². The molecule has 0 aliphatic heterocycles. The fraction of sp³-hybridized carbons (Fsp3) is 0.188. The van der Waals surface area contributed by atoms with Gasteiger partial charge in [-0.3, -0.25) is 4.79 Å². The van der Waals surface area contributed by atoms with Crippen molar-refractivity contribution in [1.29, 1.82) is 0 Å². The Balaban J connectivity index is 2.21. The molecule has 0 bridgehead atoms. The molecule has 0 N–H and O–H groups in total. The van der Waals surface area contributed by atoms with Crippen LogP contribution in [0.1, 0.15) is 27.0 Å². The standard InChI is InChI=1S/C16H15FO2/c1-11-7-13(9-18)8-12(2)16(11)19-10-14-5-3-4-6-15(14)17/h3-9H,10H2,1-2H3. The van der Waals surface area contributed by atoms with Gasteiger partial charge in [-0.25, -0.2) is 4.39 Å². The molecule has 0 aliphatic carbocycles. The van der Waals surface area contributed by atoms with Crippen molar-refractivity contribution in [3.8, 4) is 5.75 Å². The first kappa shape index (κ1) is 13.3. The number of hydrogen-bond acceptors (Lipinski definition) is 2. The van der Waals surface area contributed by atoms with Crippen LogP contribution in [-0.2, 0) is 6.61 Å². The van der Waals surface area contributed by atoms with E-state index < -0.39 is 0 Å². The van der Waals surface area contributed by atoms with Crippen LogP contribution in [0, 0.1) is 19.7 Å². The van der Waals surface area contributed by atoms with Crippen molar-refractivity contribution in [3.05, 3.63) is 64.5 Å². The maximum absolute atomic E-state index is 13.5. The van der Waals surface area contributed by atoms with Crippen LogP contribution in [0.25, 0.3) is 0 Å². The van der Waals surface area contributed by atoms with Gasteiger partial charge in [0.15, 0.2) is 0 Å². The third kappa shape index (κ3) is 2.99. The molecule has 3 heteroatoms. The summed E-state index contributed by atoms with van der Waals surface area (Å²) in [6.45, 7) is 3.92. The third-order valence-corrected chi connectivity index (χ3v) is 2.95. The molecule has 0 aromatic heterocycles. The van der Waals surface area contributed by atoms with Gasteiger partial charge in [-0.05, 0) is 43.2 Å². The summed E-state index contributed by atoms with van der Waals surface area (Å²) in [5, 5.41) is 0. The first-order valence-electron chi connectivity index (χ1n) is 6.04. The summed E-state index contributed by atoms with van der Waals surface area (Å²) in [6, 6.07) is 10.0. The number of carbonyl (C=O) groups is 1. The molecular formula is C16H15FO2. The molecule has 0 saturated carbocycles. The van der Waals surface area contributed by atoms with Crippen molar-refractivity contribution >= 4 is 6.29 Å². The van der Waals surface area contributed by atoms with Crippen molar-refractivity contribution in [1.82, 2.24) is 0 Å². The van der Waals surface area contributed by atoms with Gasteiger partial charge in [-0.2, -0.15) is 0 Å². The molecule has 2 nitrogen and oxygen atoms in total. The predicted octanol–water partition coefficient (Wildman–Crippen LogP) is 3.83. The van der Waals surface area contributed by atoms with Crippen molar-refractivity contribution in [3.63, 3.8) is 0 Å². The van der Waals surface area contributed by atoms with E-state index in [2.05, 4.69) is 0 Å². The summed E-state index contributed by atoms with van der Waals surface area (Å²) in [5.74, 6) is 0.427. The number of benzene rings is 2. The zero-order valence-electron chi connectivity index (χ0n) is 10.9. The molecule has 2 rings (SSSR count). The zero-order chi connectivity index (χ0) is 13.8. The quantitative estimate of drug-likeness (QED) is 0.779. The van der Waals surface area contributed by atoms with Crippen LogP contribution in [-0.4, -0.2) is 6.29 Å². The van der Waals surface area contributed by atoms with Crippen molar-refractivity contribution in [2.75, 3.05) is 0 Å². The van der Waals surface area contributed by atoms with Gasteiger partial charge in [0.1, 0.15) is 24.5 Å². The SMILES string of the molecule is Cc1cc(C=O)cc(C)c1OCc1ccccc1F. The molecule has 2 aromatic rings. The van der Waals surface area contributed by atoms with E-state index in [1.54, 1.807) is 30.3 Å². The smallest absolute Gasteiger partial charge is 0.150 e. The Kier molecular flexibility index (Phi) is 3.95. The molecule has 0 atom stereocenters. The highest BCUT2D eigenvalue weighted by atomic mass is 19.1. The van der Waals surface area contributed by atoms with Gasteiger partial charge in [0.2, 0.25) is 0 Å². The Morgan fingerprint density at radius 3 is 2.37 bits per heavy atom. The molecule has 0 saturated heterocycles. The highest BCUT2D eigenvalue weighted by Crippen LogP contribution is 2.25. The minimum absolute atomic E-state index is 0.175. The summed E-state index contributed by atoms with van der Waals surface area (Å²) in [4.78, 5) is 10.8. The average molecular weight is 258 g/mol. The fourth-order valence-electron chi connectivity index (χ4n) is 2.04. The molecule has 0 unspecified atom stereocenters. The van der Waals surface area contributed by atoms with Gasteiger partial charge < -0.3 is 4.74 Å². The number of ether oxygens (including phenoxy) is 1. The maximum Gasteiger partial charge on any atom is 0.150 e. The van der Waals surface area contributed by atoms with E-state index in [1.807, 2.05) is 13.8 Å². The normalized spacial score (nSPS) is 10.3. The maximum atomic E-state index is 13.5. The Morgan fingerprint density at radius 2 is 1.79 bits per heavy atom. The zero-order valence-corrected chi connectivity index (χ0v) is 10.9. The lowest BCUT2D eigenvalue weighted by Crippen LogP contribution is -2.01. The molecule has 19 heavy (non-hydrogen) atoms. The summed E-state index contributed by atoms with van der Waals surface area (Å²) < 4.78 is 19.2. The number of rotatable bonds is 4. The molecule has 0 heterocycles. The molecule has 0 aliphatic rings. The highest BCUT2D eigenvalue weighted by Gasteiger charge is 2.08.